The third kappa shape index (κ3) is 2.62. The zero-order valence-electron chi connectivity index (χ0n) is 15.1. The molecule has 0 radical (unpaired) electrons. The number of aliphatic hydroxyl groups is 1. The highest BCUT2D eigenvalue weighted by Gasteiger charge is 2.34. The number of carbonyl (C=O) groups excluding carboxylic acids is 1. The molecule has 5 rings (SSSR count). The third-order valence-electron chi connectivity index (χ3n) is 5.27. The molecule has 3 aromatic rings. The molecule has 0 spiro atoms. The number of para-hydroxylation sites is 2. The van der Waals surface area contributed by atoms with Crippen molar-refractivity contribution in [2.75, 3.05) is 5.32 Å². The zero-order valence-corrected chi connectivity index (χ0v) is 15.1. The number of carbonyl (C=O) groups is 1. The molecule has 0 saturated carbocycles. The van der Waals surface area contributed by atoms with Crippen LogP contribution in [0.5, 0.6) is 0 Å². The molecule has 1 aliphatic carbocycles. The van der Waals surface area contributed by atoms with E-state index in [9.17, 15) is 9.90 Å². The minimum absolute atomic E-state index is 0.0190. The number of Topliss-reactive ketones (excluding diaryl/α,β-unsaturated/α-hetero) is 1. The van der Waals surface area contributed by atoms with Crippen LogP contribution in [-0.2, 0) is 0 Å². The van der Waals surface area contributed by atoms with Gasteiger partial charge in [0.1, 0.15) is 5.76 Å². The second-order valence-corrected chi connectivity index (χ2v) is 6.99. The first-order valence-corrected chi connectivity index (χ1v) is 9.28. The van der Waals surface area contributed by atoms with Crippen molar-refractivity contribution in [1.29, 1.82) is 0 Å². The average Bonchev–Trinajstić information content (AvgIpc) is 2.89. The summed E-state index contributed by atoms with van der Waals surface area (Å²) in [6.07, 6.45) is 0.498. The molecule has 0 saturated heterocycles. The van der Waals surface area contributed by atoms with E-state index < -0.39 is 0 Å². The van der Waals surface area contributed by atoms with Gasteiger partial charge in [0.15, 0.2) is 5.78 Å². The lowest BCUT2D eigenvalue weighted by Crippen LogP contribution is -2.17. The van der Waals surface area contributed by atoms with E-state index in [4.69, 9.17) is 4.99 Å². The molecule has 1 heterocycles. The maximum atomic E-state index is 13.1. The molecule has 2 N–H and O–H groups in total. The van der Waals surface area contributed by atoms with Crippen molar-refractivity contribution in [3.8, 4) is 0 Å². The van der Waals surface area contributed by atoms with Gasteiger partial charge in [-0.15, -0.1) is 0 Å². The maximum absolute atomic E-state index is 13.1. The van der Waals surface area contributed by atoms with Crippen LogP contribution in [-0.4, -0.2) is 16.6 Å². The van der Waals surface area contributed by atoms with Crippen LogP contribution in [0.2, 0.25) is 0 Å². The molecule has 136 valence electrons. The Bertz CT molecular complexity index is 1150. The number of nitrogens with one attached hydrogen (secondary N) is 1. The standard InChI is InChI=1S/C24H18N2O2/c27-23-16-10-4-5-11-17(16)24(28)22(23)21-14-20(15-8-2-1-3-9-15)25-18-12-6-7-13-19(18)26-21/h1-13,20,25,27H,14H2/t20-/m1/s1. The fourth-order valence-electron chi connectivity index (χ4n) is 3.89. The Morgan fingerprint density at radius 2 is 1.54 bits per heavy atom. The number of ketones is 1. The van der Waals surface area contributed by atoms with Gasteiger partial charge in [-0.05, 0) is 17.7 Å². The van der Waals surface area contributed by atoms with Crippen LogP contribution in [0.4, 0.5) is 11.4 Å². The van der Waals surface area contributed by atoms with Gasteiger partial charge >= 0.3 is 0 Å². The highest BCUT2D eigenvalue weighted by molar-refractivity contribution is 6.36. The number of nitrogens with zero attached hydrogens (tertiary/aromatic N) is 1. The van der Waals surface area contributed by atoms with Gasteiger partial charge < -0.3 is 10.4 Å². The molecular weight excluding hydrogens is 348 g/mol. The number of benzene rings is 3. The lowest BCUT2D eigenvalue weighted by molar-refractivity contribution is 0.104. The second kappa shape index (κ2) is 6.50. The first-order chi connectivity index (χ1) is 13.7. The van der Waals surface area contributed by atoms with Crippen LogP contribution in [0.1, 0.15) is 33.9 Å². The van der Waals surface area contributed by atoms with Crippen molar-refractivity contribution in [2.24, 2.45) is 4.99 Å². The monoisotopic (exact) mass is 366 g/mol. The largest absolute Gasteiger partial charge is 0.506 e. The Labute approximate surface area is 162 Å². The van der Waals surface area contributed by atoms with Crippen molar-refractivity contribution in [3.63, 3.8) is 0 Å². The fraction of sp³-hybridized carbons (Fsp3) is 0.0833. The van der Waals surface area contributed by atoms with Gasteiger partial charge in [0.25, 0.3) is 0 Å². The Balaban J connectivity index is 1.65. The predicted molar refractivity (Wildman–Crippen MR) is 111 cm³/mol. The maximum Gasteiger partial charge on any atom is 0.199 e. The fourth-order valence-corrected chi connectivity index (χ4v) is 3.89. The molecule has 4 heteroatoms. The lowest BCUT2D eigenvalue weighted by Gasteiger charge is -2.19. The summed E-state index contributed by atoms with van der Waals surface area (Å²) in [6, 6.07) is 25.0. The highest BCUT2D eigenvalue weighted by atomic mass is 16.3. The number of fused-ring (bicyclic) bond motifs is 2. The van der Waals surface area contributed by atoms with E-state index in [0.717, 1.165) is 16.9 Å². The van der Waals surface area contributed by atoms with Crippen LogP contribution >= 0.6 is 0 Å². The van der Waals surface area contributed by atoms with E-state index in [2.05, 4.69) is 17.4 Å². The van der Waals surface area contributed by atoms with Gasteiger partial charge in [0, 0.05) is 17.5 Å². The summed E-state index contributed by atoms with van der Waals surface area (Å²) >= 11 is 0. The molecule has 1 atom stereocenters. The lowest BCUT2D eigenvalue weighted by atomic mass is 9.95. The number of aliphatic imine (C=N–C) groups is 1. The smallest absolute Gasteiger partial charge is 0.199 e. The molecule has 0 unspecified atom stereocenters. The van der Waals surface area contributed by atoms with Crippen molar-refractivity contribution in [1.82, 2.24) is 0 Å². The summed E-state index contributed by atoms with van der Waals surface area (Å²) < 4.78 is 0. The van der Waals surface area contributed by atoms with Crippen molar-refractivity contribution >= 4 is 28.6 Å². The number of anilines is 1. The van der Waals surface area contributed by atoms with E-state index in [-0.39, 0.29) is 17.6 Å². The molecule has 0 aromatic heterocycles. The number of rotatable bonds is 2. The molecule has 2 aliphatic rings. The SMILES string of the molecule is O=C1C(C2=Nc3ccccc3N[C@@H](c3ccccc3)C2)=C(O)c2ccccc21. The summed E-state index contributed by atoms with van der Waals surface area (Å²) in [7, 11) is 0. The molecular formula is C24H18N2O2. The van der Waals surface area contributed by atoms with E-state index in [1.165, 1.54) is 0 Å². The van der Waals surface area contributed by atoms with Crippen LogP contribution in [0.3, 0.4) is 0 Å². The van der Waals surface area contributed by atoms with Crippen molar-refractivity contribution in [2.45, 2.75) is 12.5 Å². The van der Waals surface area contributed by atoms with E-state index >= 15 is 0 Å². The van der Waals surface area contributed by atoms with Gasteiger partial charge in [0.05, 0.1) is 28.7 Å². The van der Waals surface area contributed by atoms with Crippen LogP contribution in [0.15, 0.2) is 89.4 Å². The number of aliphatic hydroxyl groups excluding tert-OH is 1. The van der Waals surface area contributed by atoms with E-state index in [1.54, 1.807) is 12.1 Å². The van der Waals surface area contributed by atoms with Gasteiger partial charge in [-0.25, -0.2) is 0 Å². The van der Waals surface area contributed by atoms with Gasteiger partial charge in [-0.3, -0.25) is 9.79 Å². The number of hydrogen-bond acceptors (Lipinski definition) is 4. The summed E-state index contributed by atoms with van der Waals surface area (Å²) in [5.74, 6) is -0.149. The first-order valence-electron chi connectivity index (χ1n) is 9.28. The first kappa shape index (κ1) is 16.5. The summed E-state index contributed by atoms with van der Waals surface area (Å²) in [4.78, 5) is 17.9. The van der Waals surface area contributed by atoms with Crippen molar-refractivity contribution < 1.29 is 9.90 Å². The van der Waals surface area contributed by atoms with Gasteiger partial charge in [-0.1, -0.05) is 66.7 Å². The second-order valence-electron chi connectivity index (χ2n) is 6.99. The molecule has 4 nitrogen and oxygen atoms in total. The normalized spacial score (nSPS) is 18.1. The highest BCUT2D eigenvalue weighted by Crippen LogP contribution is 2.39. The molecule has 0 amide bonds. The zero-order chi connectivity index (χ0) is 19.1. The quantitative estimate of drug-likeness (QED) is 0.631. The van der Waals surface area contributed by atoms with Gasteiger partial charge in [-0.2, -0.15) is 0 Å². The molecule has 0 bridgehead atoms. The Kier molecular flexibility index (Phi) is 3.83. The van der Waals surface area contributed by atoms with E-state index in [1.807, 2.05) is 54.6 Å². The Morgan fingerprint density at radius 3 is 2.32 bits per heavy atom. The minimum atomic E-state index is -0.168. The molecule has 1 aliphatic heterocycles. The van der Waals surface area contributed by atoms with E-state index in [0.29, 0.717) is 28.8 Å². The topological polar surface area (TPSA) is 61.7 Å². The molecule has 0 fully saturated rings. The minimum Gasteiger partial charge on any atom is -0.506 e. The molecule has 3 aromatic carbocycles. The van der Waals surface area contributed by atoms with Crippen LogP contribution in [0.25, 0.3) is 5.76 Å². The van der Waals surface area contributed by atoms with Crippen LogP contribution in [0, 0.1) is 0 Å². The Hall–Kier alpha value is -3.66. The number of hydrogen-bond donors (Lipinski definition) is 2. The molecule has 28 heavy (non-hydrogen) atoms. The summed E-state index contributed by atoms with van der Waals surface area (Å²) in [5.41, 5.74) is 4.79. The van der Waals surface area contributed by atoms with Crippen molar-refractivity contribution in [3.05, 3.63) is 101 Å². The van der Waals surface area contributed by atoms with Crippen LogP contribution < -0.4 is 5.32 Å². The van der Waals surface area contributed by atoms with Gasteiger partial charge in [0.2, 0.25) is 0 Å². The Morgan fingerprint density at radius 1 is 0.857 bits per heavy atom. The third-order valence-corrected chi connectivity index (χ3v) is 5.27. The summed E-state index contributed by atoms with van der Waals surface area (Å²) in [5, 5.41) is 14.4. The average molecular weight is 366 g/mol. The number of allylic oxidation sites excluding steroid dienone is 1. The predicted octanol–water partition coefficient (Wildman–Crippen LogP) is 5.48. The summed E-state index contributed by atoms with van der Waals surface area (Å²) in [6.45, 7) is 0.